The van der Waals surface area contributed by atoms with Crippen LogP contribution in [0.25, 0.3) is 0 Å². The van der Waals surface area contributed by atoms with Crippen LogP contribution in [-0.2, 0) is 11.3 Å². The average molecular weight is 324 g/mol. The predicted molar refractivity (Wildman–Crippen MR) is 95.8 cm³/mol. The van der Waals surface area contributed by atoms with Crippen molar-refractivity contribution in [1.82, 2.24) is 0 Å². The number of hydrogen-bond acceptors (Lipinski definition) is 3. The van der Waals surface area contributed by atoms with Gasteiger partial charge in [-0.3, -0.25) is 4.79 Å². The molecule has 0 fully saturated rings. The van der Waals surface area contributed by atoms with Crippen LogP contribution in [0.4, 0.5) is 15.8 Å². The normalized spacial score (nSPS) is 13.8. The van der Waals surface area contributed by atoms with Gasteiger partial charge in [0.05, 0.1) is 0 Å². The number of rotatable bonds is 5. The van der Waals surface area contributed by atoms with Gasteiger partial charge < -0.3 is 9.80 Å². The molecule has 0 N–H and O–H groups in total. The highest BCUT2D eigenvalue weighted by atomic mass is 19.1. The van der Waals surface area contributed by atoms with Crippen LogP contribution < -0.4 is 9.80 Å². The van der Waals surface area contributed by atoms with Crippen molar-refractivity contribution in [3.63, 3.8) is 0 Å². The lowest BCUT2D eigenvalue weighted by atomic mass is 10.1. The van der Waals surface area contributed by atoms with Gasteiger partial charge in [-0.05, 0) is 49.2 Å². The number of aryl methyl sites for hydroxylation is 1. The maximum atomic E-state index is 13.1. The Morgan fingerprint density at radius 3 is 2.62 bits per heavy atom. The Balaban J connectivity index is 1.87. The Labute approximate surface area is 142 Å². The van der Waals surface area contributed by atoms with Crippen molar-refractivity contribution in [2.75, 3.05) is 23.4 Å². The largest absolute Gasteiger partial charge is 0.370 e. The molecule has 24 heavy (non-hydrogen) atoms. The summed E-state index contributed by atoms with van der Waals surface area (Å²) in [5.41, 5.74) is 5.29. The van der Waals surface area contributed by atoms with Gasteiger partial charge in [-0.2, -0.15) is 0 Å². The third kappa shape index (κ3) is 3.48. The molecule has 0 radical (unpaired) electrons. The van der Waals surface area contributed by atoms with Gasteiger partial charge in [0.15, 0.2) is 0 Å². The van der Waals surface area contributed by atoms with E-state index in [2.05, 4.69) is 34.9 Å². The second-order valence-electron chi connectivity index (χ2n) is 6.23. The molecule has 2 aromatic rings. The summed E-state index contributed by atoms with van der Waals surface area (Å²) < 4.78 is 13.1. The molecule has 1 heterocycles. The molecule has 0 spiro atoms. The van der Waals surface area contributed by atoms with Gasteiger partial charge in [0, 0.05) is 43.3 Å². The molecule has 0 atom stereocenters. The monoisotopic (exact) mass is 324 g/mol. The van der Waals surface area contributed by atoms with E-state index in [1.165, 1.54) is 23.3 Å². The lowest BCUT2D eigenvalue weighted by Crippen LogP contribution is -2.20. The smallest absolute Gasteiger partial charge is 0.147 e. The Morgan fingerprint density at radius 1 is 1.21 bits per heavy atom. The van der Waals surface area contributed by atoms with E-state index in [0.717, 1.165) is 36.2 Å². The predicted octanol–water partition coefficient (Wildman–Crippen LogP) is 4.06. The highest BCUT2D eigenvalue weighted by molar-refractivity contribution is 5.76. The molecule has 124 valence electrons. The van der Waals surface area contributed by atoms with Crippen LogP contribution in [0.3, 0.4) is 0 Å². The highest BCUT2D eigenvalue weighted by Crippen LogP contribution is 2.29. The molecule has 0 amide bonds. The van der Waals surface area contributed by atoms with Crippen LogP contribution in [0.5, 0.6) is 0 Å². The van der Waals surface area contributed by atoms with Crippen LogP contribution in [0, 0.1) is 12.7 Å². The number of carbonyl (C=O) groups excluding carboxylic acids is 1. The zero-order valence-corrected chi connectivity index (χ0v) is 14.0. The first-order valence-electron chi connectivity index (χ1n) is 8.05. The lowest BCUT2D eigenvalue weighted by molar-refractivity contribution is -0.105. The van der Waals surface area contributed by atoms with Gasteiger partial charge in [0.2, 0.25) is 0 Å². The summed E-state index contributed by atoms with van der Waals surface area (Å²) in [6.07, 6.45) is 3.64. The number of nitrogens with zero attached hydrogens (tertiary/aromatic N) is 2. The quantitative estimate of drug-likeness (QED) is 0.775. The fraction of sp³-hybridized carbons (Fsp3) is 0.250. The van der Waals surface area contributed by atoms with E-state index in [9.17, 15) is 9.18 Å². The van der Waals surface area contributed by atoms with Crippen molar-refractivity contribution in [1.29, 1.82) is 0 Å². The number of carbonyl (C=O) groups is 1. The van der Waals surface area contributed by atoms with E-state index < -0.39 is 0 Å². The molecule has 4 heteroatoms. The van der Waals surface area contributed by atoms with E-state index in [4.69, 9.17) is 0 Å². The van der Waals surface area contributed by atoms with Gasteiger partial charge in [0.25, 0.3) is 0 Å². The Morgan fingerprint density at radius 2 is 1.96 bits per heavy atom. The number of hydrogen-bond donors (Lipinski definition) is 0. The van der Waals surface area contributed by atoms with Gasteiger partial charge in [-0.25, -0.2) is 4.39 Å². The van der Waals surface area contributed by atoms with Crippen molar-refractivity contribution < 1.29 is 9.18 Å². The topological polar surface area (TPSA) is 23.6 Å². The number of anilines is 2. The number of aldehydes is 1. The van der Waals surface area contributed by atoms with Crippen LogP contribution in [0.15, 0.2) is 54.2 Å². The SMILES string of the molecule is Cc1ccc(N2C=C(C=O)CC2)c(CN(C)c2ccc(F)cc2)c1. The van der Waals surface area contributed by atoms with Crippen molar-refractivity contribution in [3.05, 3.63) is 71.2 Å². The molecule has 0 saturated carbocycles. The molecule has 1 aliphatic rings. The van der Waals surface area contributed by atoms with Crippen molar-refractivity contribution in [2.45, 2.75) is 19.9 Å². The first-order valence-corrected chi connectivity index (χ1v) is 8.05. The Kier molecular flexibility index (Phi) is 4.65. The number of benzene rings is 2. The molecule has 2 aromatic carbocycles. The van der Waals surface area contributed by atoms with E-state index >= 15 is 0 Å². The summed E-state index contributed by atoms with van der Waals surface area (Å²) in [6.45, 7) is 3.61. The van der Waals surface area contributed by atoms with E-state index in [1.54, 1.807) is 12.1 Å². The van der Waals surface area contributed by atoms with Crippen LogP contribution >= 0.6 is 0 Å². The van der Waals surface area contributed by atoms with Crippen LogP contribution in [0.2, 0.25) is 0 Å². The maximum absolute atomic E-state index is 13.1. The molecule has 0 aliphatic carbocycles. The van der Waals surface area contributed by atoms with Crippen LogP contribution in [0.1, 0.15) is 17.5 Å². The first kappa shape index (κ1) is 16.2. The van der Waals surface area contributed by atoms with Gasteiger partial charge in [-0.1, -0.05) is 17.7 Å². The minimum atomic E-state index is -0.230. The molecule has 0 saturated heterocycles. The molecule has 0 unspecified atom stereocenters. The second kappa shape index (κ2) is 6.87. The van der Waals surface area contributed by atoms with E-state index in [0.29, 0.717) is 6.54 Å². The summed E-state index contributed by atoms with van der Waals surface area (Å²) in [5, 5.41) is 0. The van der Waals surface area contributed by atoms with E-state index in [1.807, 2.05) is 13.2 Å². The highest BCUT2D eigenvalue weighted by Gasteiger charge is 2.17. The number of halogens is 1. The third-order valence-corrected chi connectivity index (χ3v) is 4.33. The van der Waals surface area contributed by atoms with Crippen molar-refractivity contribution >= 4 is 17.7 Å². The molecular formula is C20H21FN2O. The summed E-state index contributed by atoms with van der Waals surface area (Å²) in [5.74, 6) is -0.230. The fourth-order valence-electron chi connectivity index (χ4n) is 3.02. The summed E-state index contributed by atoms with van der Waals surface area (Å²) in [7, 11) is 2.00. The third-order valence-electron chi connectivity index (χ3n) is 4.33. The van der Waals surface area contributed by atoms with Gasteiger partial charge in [-0.15, -0.1) is 0 Å². The molecular weight excluding hydrogens is 303 g/mol. The van der Waals surface area contributed by atoms with Crippen molar-refractivity contribution in [2.24, 2.45) is 0 Å². The minimum Gasteiger partial charge on any atom is -0.370 e. The standard InChI is InChI=1S/C20H21FN2O/c1-15-3-8-20(23-10-9-16(12-23)14-24)17(11-15)13-22(2)19-6-4-18(21)5-7-19/h3-8,11-12,14H,9-10,13H2,1-2H3. The zero-order valence-electron chi connectivity index (χ0n) is 14.0. The summed E-state index contributed by atoms with van der Waals surface area (Å²) >= 11 is 0. The first-order chi connectivity index (χ1) is 11.6. The van der Waals surface area contributed by atoms with E-state index in [-0.39, 0.29) is 5.82 Å². The van der Waals surface area contributed by atoms with Gasteiger partial charge in [0.1, 0.15) is 12.1 Å². The van der Waals surface area contributed by atoms with Crippen molar-refractivity contribution in [3.8, 4) is 0 Å². The molecule has 1 aliphatic heterocycles. The Hall–Kier alpha value is -2.62. The molecule has 3 rings (SSSR count). The second-order valence-corrected chi connectivity index (χ2v) is 6.23. The summed E-state index contributed by atoms with van der Waals surface area (Å²) in [6, 6.07) is 12.9. The maximum Gasteiger partial charge on any atom is 0.147 e. The van der Waals surface area contributed by atoms with Crippen LogP contribution in [-0.4, -0.2) is 19.9 Å². The fourth-order valence-corrected chi connectivity index (χ4v) is 3.02. The lowest BCUT2D eigenvalue weighted by Gasteiger charge is -2.25. The molecule has 0 aromatic heterocycles. The molecule has 0 bridgehead atoms. The average Bonchev–Trinajstić information content (AvgIpc) is 3.04. The zero-order chi connectivity index (χ0) is 17.1. The van der Waals surface area contributed by atoms with Gasteiger partial charge >= 0.3 is 0 Å². The minimum absolute atomic E-state index is 0.230. The molecule has 3 nitrogen and oxygen atoms in total. The Bertz CT molecular complexity index is 768. The summed E-state index contributed by atoms with van der Waals surface area (Å²) in [4.78, 5) is 15.2.